The first kappa shape index (κ1) is 16.9. The molecule has 2 aromatic rings. The van der Waals surface area contributed by atoms with E-state index in [0.29, 0.717) is 34.7 Å². The van der Waals surface area contributed by atoms with Crippen molar-refractivity contribution in [1.29, 1.82) is 0 Å². The molecule has 7 heteroatoms. The maximum absolute atomic E-state index is 13.8. The van der Waals surface area contributed by atoms with Crippen LogP contribution in [-0.4, -0.2) is 49.8 Å². The van der Waals surface area contributed by atoms with E-state index in [0.717, 1.165) is 19.4 Å². The summed E-state index contributed by atoms with van der Waals surface area (Å²) in [5.41, 5.74) is 0.993. The predicted molar refractivity (Wildman–Crippen MR) is 94.9 cm³/mol. The number of hydrogen-bond acceptors (Lipinski definition) is 5. The van der Waals surface area contributed by atoms with Crippen molar-refractivity contribution in [3.8, 4) is 17.1 Å². The highest BCUT2D eigenvalue weighted by Gasteiger charge is 2.42. The Morgan fingerprint density at radius 2 is 2.19 bits per heavy atom. The summed E-state index contributed by atoms with van der Waals surface area (Å²) in [6.07, 6.45) is 3.33. The fourth-order valence-electron chi connectivity index (χ4n) is 4.09. The lowest BCUT2D eigenvalue weighted by Gasteiger charge is -2.27. The molecule has 1 amide bonds. The SMILES string of the molecule is COc1cc(-c2onc(N(C)C)c2C(=O)N2C[C@H]3CC[C@H]2C3)ccc1F. The molecular weight excluding hydrogens is 337 g/mol. The summed E-state index contributed by atoms with van der Waals surface area (Å²) in [4.78, 5) is 17.0. The Kier molecular flexibility index (Phi) is 4.09. The molecule has 1 aromatic carbocycles. The number of amides is 1. The van der Waals surface area contributed by atoms with E-state index in [1.807, 2.05) is 19.0 Å². The smallest absolute Gasteiger partial charge is 0.261 e. The molecule has 2 atom stereocenters. The van der Waals surface area contributed by atoms with Gasteiger partial charge in [-0.15, -0.1) is 0 Å². The number of nitrogens with zero attached hydrogens (tertiary/aromatic N) is 3. The monoisotopic (exact) mass is 359 g/mol. The number of carbonyl (C=O) groups is 1. The van der Waals surface area contributed by atoms with Crippen LogP contribution >= 0.6 is 0 Å². The zero-order valence-corrected chi connectivity index (χ0v) is 15.2. The summed E-state index contributed by atoms with van der Waals surface area (Å²) in [6.45, 7) is 0.785. The average Bonchev–Trinajstić information content (AvgIpc) is 3.36. The third kappa shape index (κ3) is 2.62. The minimum absolute atomic E-state index is 0.0690. The highest BCUT2D eigenvalue weighted by atomic mass is 19.1. The van der Waals surface area contributed by atoms with Crippen molar-refractivity contribution < 1.29 is 18.4 Å². The van der Waals surface area contributed by atoms with Gasteiger partial charge in [-0.05, 0) is 43.4 Å². The number of halogens is 1. The third-order valence-electron chi connectivity index (χ3n) is 5.39. The second kappa shape index (κ2) is 6.30. The van der Waals surface area contributed by atoms with Gasteiger partial charge in [-0.1, -0.05) is 5.16 Å². The summed E-state index contributed by atoms with van der Waals surface area (Å²) < 4.78 is 24.4. The molecule has 1 aliphatic heterocycles. The molecule has 2 heterocycles. The summed E-state index contributed by atoms with van der Waals surface area (Å²) in [5, 5.41) is 4.09. The van der Waals surface area contributed by atoms with Gasteiger partial charge in [0.05, 0.1) is 7.11 Å². The minimum atomic E-state index is -0.465. The van der Waals surface area contributed by atoms with Crippen LogP contribution in [0.25, 0.3) is 11.3 Å². The highest BCUT2D eigenvalue weighted by Crippen LogP contribution is 2.41. The normalized spacial score (nSPS) is 21.3. The number of likely N-dealkylation sites (tertiary alicyclic amines) is 1. The van der Waals surface area contributed by atoms with Gasteiger partial charge in [0.1, 0.15) is 5.56 Å². The molecule has 1 aromatic heterocycles. The fourth-order valence-corrected chi connectivity index (χ4v) is 4.09. The van der Waals surface area contributed by atoms with Gasteiger partial charge < -0.3 is 19.1 Å². The van der Waals surface area contributed by atoms with Gasteiger partial charge in [-0.3, -0.25) is 4.79 Å². The number of ether oxygens (including phenoxy) is 1. The van der Waals surface area contributed by atoms with Gasteiger partial charge >= 0.3 is 0 Å². The van der Waals surface area contributed by atoms with Crippen molar-refractivity contribution >= 4 is 11.7 Å². The Bertz CT molecular complexity index is 849. The van der Waals surface area contributed by atoms with Crippen LogP contribution in [0.4, 0.5) is 10.2 Å². The standard InChI is InChI=1S/C19H22FN3O3/c1-22(2)18-16(19(24)23-10-11-4-6-13(23)8-11)17(26-21-18)12-5-7-14(20)15(9-12)25-3/h5,7,9,11,13H,4,6,8,10H2,1-3H3/t11-,13-/m0/s1. The Balaban J connectivity index is 1.78. The Hall–Kier alpha value is -2.57. The molecule has 2 aliphatic rings. The molecule has 6 nitrogen and oxygen atoms in total. The van der Waals surface area contributed by atoms with Crippen molar-refractivity contribution in [3.63, 3.8) is 0 Å². The Morgan fingerprint density at radius 1 is 1.38 bits per heavy atom. The number of carbonyl (C=O) groups excluding carboxylic acids is 1. The van der Waals surface area contributed by atoms with Crippen LogP contribution in [0.15, 0.2) is 22.7 Å². The summed E-state index contributed by atoms with van der Waals surface area (Å²) in [7, 11) is 5.04. The molecule has 1 saturated heterocycles. The Labute approximate surface area is 151 Å². The first-order valence-electron chi connectivity index (χ1n) is 8.81. The van der Waals surface area contributed by atoms with Gasteiger partial charge in [-0.25, -0.2) is 4.39 Å². The van der Waals surface area contributed by atoms with E-state index < -0.39 is 5.82 Å². The molecule has 0 spiro atoms. The fraction of sp³-hybridized carbons (Fsp3) is 0.474. The lowest BCUT2D eigenvalue weighted by atomic mass is 10.0. The first-order chi connectivity index (χ1) is 12.5. The second-order valence-electron chi connectivity index (χ2n) is 7.24. The average molecular weight is 359 g/mol. The van der Waals surface area contributed by atoms with Gasteiger partial charge in [0.15, 0.2) is 23.1 Å². The van der Waals surface area contributed by atoms with E-state index in [2.05, 4.69) is 5.16 Å². The number of fused-ring (bicyclic) bond motifs is 2. The van der Waals surface area contributed by atoms with Crippen molar-refractivity contribution in [3.05, 3.63) is 29.6 Å². The lowest BCUT2D eigenvalue weighted by molar-refractivity contribution is 0.0704. The molecule has 2 fully saturated rings. The molecule has 138 valence electrons. The Morgan fingerprint density at radius 3 is 2.81 bits per heavy atom. The van der Waals surface area contributed by atoms with Crippen LogP contribution in [-0.2, 0) is 0 Å². The number of anilines is 1. The number of piperidine rings is 1. The molecule has 4 rings (SSSR count). The maximum atomic E-state index is 13.8. The maximum Gasteiger partial charge on any atom is 0.261 e. The van der Waals surface area contributed by atoms with Crippen molar-refractivity contribution in [2.75, 3.05) is 32.6 Å². The zero-order valence-electron chi connectivity index (χ0n) is 15.2. The number of benzene rings is 1. The zero-order chi connectivity index (χ0) is 18.4. The quantitative estimate of drug-likeness (QED) is 0.839. The topological polar surface area (TPSA) is 58.8 Å². The number of rotatable bonds is 4. The molecule has 0 radical (unpaired) electrons. The van der Waals surface area contributed by atoms with Crippen LogP contribution in [0.5, 0.6) is 5.75 Å². The van der Waals surface area contributed by atoms with E-state index in [9.17, 15) is 9.18 Å². The van der Waals surface area contributed by atoms with Gasteiger partial charge in [0.2, 0.25) is 0 Å². The number of methoxy groups -OCH3 is 1. The van der Waals surface area contributed by atoms with E-state index in [1.54, 1.807) is 11.0 Å². The van der Waals surface area contributed by atoms with Gasteiger partial charge in [-0.2, -0.15) is 0 Å². The number of hydrogen-bond donors (Lipinski definition) is 0. The van der Waals surface area contributed by atoms with Crippen molar-refractivity contribution in [2.24, 2.45) is 5.92 Å². The minimum Gasteiger partial charge on any atom is -0.494 e. The summed E-state index contributed by atoms with van der Waals surface area (Å²) >= 11 is 0. The summed E-state index contributed by atoms with van der Waals surface area (Å²) in [5.74, 6) is 0.995. The van der Waals surface area contributed by atoms with E-state index in [1.165, 1.54) is 25.7 Å². The van der Waals surface area contributed by atoms with Crippen LogP contribution in [0, 0.1) is 11.7 Å². The molecule has 26 heavy (non-hydrogen) atoms. The van der Waals surface area contributed by atoms with E-state index >= 15 is 0 Å². The van der Waals surface area contributed by atoms with Crippen LogP contribution in [0.3, 0.4) is 0 Å². The predicted octanol–water partition coefficient (Wildman–Crippen LogP) is 3.18. The molecule has 0 unspecified atom stereocenters. The highest BCUT2D eigenvalue weighted by molar-refractivity contribution is 6.04. The lowest BCUT2D eigenvalue weighted by Crippen LogP contribution is -2.38. The molecule has 1 aliphatic carbocycles. The molecule has 2 bridgehead atoms. The third-order valence-corrected chi connectivity index (χ3v) is 5.39. The first-order valence-corrected chi connectivity index (χ1v) is 8.81. The van der Waals surface area contributed by atoms with E-state index in [-0.39, 0.29) is 11.7 Å². The van der Waals surface area contributed by atoms with Gasteiger partial charge in [0.25, 0.3) is 5.91 Å². The van der Waals surface area contributed by atoms with Crippen molar-refractivity contribution in [2.45, 2.75) is 25.3 Å². The van der Waals surface area contributed by atoms with Crippen LogP contribution in [0.2, 0.25) is 0 Å². The van der Waals surface area contributed by atoms with E-state index in [4.69, 9.17) is 9.26 Å². The van der Waals surface area contributed by atoms with Crippen LogP contribution in [0.1, 0.15) is 29.6 Å². The van der Waals surface area contributed by atoms with Crippen molar-refractivity contribution in [1.82, 2.24) is 10.1 Å². The largest absolute Gasteiger partial charge is 0.494 e. The molecule has 1 saturated carbocycles. The summed E-state index contributed by atoms with van der Waals surface area (Å²) in [6, 6.07) is 4.71. The second-order valence-corrected chi connectivity index (χ2v) is 7.24. The molecular formula is C19H22FN3O3. The van der Waals surface area contributed by atoms with Gasteiger partial charge in [0, 0.05) is 32.2 Å². The number of aromatic nitrogens is 1. The molecule has 0 N–H and O–H groups in total. The van der Waals surface area contributed by atoms with Crippen LogP contribution < -0.4 is 9.64 Å².